The molecule has 2 aromatic carbocycles. The molecule has 0 spiro atoms. The first-order chi connectivity index (χ1) is 15.7. The van der Waals surface area contributed by atoms with E-state index in [4.69, 9.17) is 0 Å². The number of hydrogen-bond donors (Lipinski definition) is 1. The van der Waals surface area contributed by atoms with Crippen LogP contribution in [0, 0.1) is 11.8 Å². The zero-order valence-electron chi connectivity index (χ0n) is 19.2. The number of nitrogens with zero attached hydrogens (tertiary/aromatic N) is 2. The van der Waals surface area contributed by atoms with Crippen LogP contribution in [-0.2, 0) is 23.9 Å². The van der Waals surface area contributed by atoms with E-state index in [1.165, 1.54) is 11.6 Å². The van der Waals surface area contributed by atoms with Gasteiger partial charge >= 0.3 is 6.18 Å². The number of amides is 1. The number of fused-ring (bicyclic) bond motifs is 3. The topological polar surface area (TPSA) is 35.6 Å². The zero-order chi connectivity index (χ0) is 23.6. The van der Waals surface area contributed by atoms with Gasteiger partial charge in [-0.3, -0.25) is 9.69 Å². The molecule has 2 aromatic rings. The lowest BCUT2D eigenvalue weighted by Gasteiger charge is -2.49. The smallest absolute Gasteiger partial charge is 0.365 e. The summed E-state index contributed by atoms with van der Waals surface area (Å²) < 4.78 is 40.0. The number of carbonyl (C=O) groups is 1. The highest BCUT2D eigenvalue weighted by atomic mass is 19.4. The largest absolute Gasteiger partial charge is 0.416 e. The van der Waals surface area contributed by atoms with Gasteiger partial charge in [-0.2, -0.15) is 13.2 Å². The minimum absolute atomic E-state index is 0.0599. The molecule has 0 aliphatic carbocycles. The molecule has 1 fully saturated rings. The number of benzene rings is 2. The molecule has 4 rings (SSSR count). The van der Waals surface area contributed by atoms with E-state index in [0.29, 0.717) is 37.5 Å². The fourth-order valence-electron chi connectivity index (χ4n) is 4.96. The van der Waals surface area contributed by atoms with Crippen molar-refractivity contribution in [2.45, 2.75) is 45.5 Å². The fourth-order valence-corrected chi connectivity index (χ4v) is 4.96. The lowest BCUT2D eigenvalue weighted by Crippen LogP contribution is -2.61. The van der Waals surface area contributed by atoms with Crippen LogP contribution in [0.15, 0.2) is 48.5 Å². The van der Waals surface area contributed by atoms with Crippen LogP contribution in [-0.4, -0.2) is 43.0 Å². The number of halogens is 3. The maximum atomic E-state index is 13.3. The van der Waals surface area contributed by atoms with Gasteiger partial charge in [0.25, 0.3) is 0 Å². The van der Waals surface area contributed by atoms with Crippen molar-refractivity contribution in [3.63, 3.8) is 0 Å². The zero-order valence-corrected chi connectivity index (χ0v) is 19.2. The standard InChI is InChI=1S/C26H32F3N3O/c1-18(2)10-11-30-25(33)22-15-20-14-21(26(27,28)29)8-9-23(20)32-13-12-31(17-24(22)32)16-19-6-4-3-5-7-19/h3-9,14,18,22,24H,10-13,15-17H2,1-2H3,(H,30,33)/t22-,24-/m1/s1. The van der Waals surface area contributed by atoms with Gasteiger partial charge in [0.2, 0.25) is 5.91 Å². The van der Waals surface area contributed by atoms with Crippen molar-refractivity contribution in [3.05, 3.63) is 65.2 Å². The molecule has 2 heterocycles. The van der Waals surface area contributed by atoms with Crippen molar-refractivity contribution in [2.75, 3.05) is 31.1 Å². The van der Waals surface area contributed by atoms with E-state index >= 15 is 0 Å². The monoisotopic (exact) mass is 459 g/mol. The average Bonchev–Trinajstić information content (AvgIpc) is 2.77. The van der Waals surface area contributed by atoms with E-state index in [1.54, 1.807) is 6.07 Å². The molecule has 0 saturated carbocycles. The summed E-state index contributed by atoms with van der Waals surface area (Å²) in [6, 6.07) is 14.1. The van der Waals surface area contributed by atoms with Crippen LogP contribution < -0.4 is 10.2 Å². The SMILES string of the molecule is CC(C)CCNC(=O)[C@@H]1Cc2cc(C(F)(F)F)ccc2N2CCN(Cc3ccccc3)C[C@H]12. The number of hydrogen-bond acceptors (Lipinski definition) is 3. The Morgan fingerprint density at radius 3 is 2.58 bits per heavy atom. The molecule has 2 aliphatic rings. The quantitative estimate of drug-likeness (QED) is 0.678. The third-order valence-electron chi connectivity index (χ3n) is 6.73. The number of rotatable bonds is 6. The highest BCUT2D eigenvalue weighted by molar-refractivity contribution is 5.82. The van der Waals surface area contributed by atoms with Crippen molar-refractivity contribution < 1.29 is 18.0 Å². The van der Waals surface area contributed by atoms with E-state index in [0.717, 1.165) is 31.3 Å². The summed E-state index contributed by atoms with van der Waals surface area (Å²) in [7, 11) is 0. The van der Waals surface area contributed by atoms with Crippen molar-refractivity contribution >= 4 is 11.6 Å². The second-order valence-corrected chi connectivity index (χ2v) is 9.61. The van der Waals surface area contributed by atoms with Crippen LogP contribution in [0.2, 0.25) is 0 Å². The molecule has 0 unspecified atom stereocenters. The fraction of sp³-hybridized carbons (Fsp3) is 0.500. The second kappa shape index (κ2) is 9.75. The van der Waals surface area contributed by atoms with E-state index < -0.39 is 11.7 Å². The summed E-state index contributed by atoms with van der Waals surface area (Å²) in [5, 5.41) is 3.05. The number of alkyl halides is 3. The predicted octanol–water partition coefficient (Wildman–Crippen LogP) is 4.73. The second-order valence-electron chi connectivity index (χ2n) is 9.61. The highest BCUT2D eigenvalue weighted by Crippen LogP contribution is 2.39. The summed E-state index contributed by atoms with van der Waals surface area (Å²) in [5.74, 6) is 0.0289. The molecule has 1 amide bonds. The van der Waals surface area contributed by atoms with Gasteiger partial charge < -0.3 is 10.2 Å². The van der Waals surface area contributed by atoms with E-state index in [2.05, 4.69) is 41.1 Å². The molecule has 0 aromatic heterocycles. The lowest BCUT2D eigenvalue weighted by molar-refractivity contribution is -0.137. The summed E-state index contributed by atoms with van der Waals surface area (Å²) in [6.07, 6.45) is -3.19. The predicted molar refractivity (Wildman–Crippen MR) is 124 cm³/mol. The number of nitrogens with one attached hydrogen (secondary N) is 1. The van der Waals surface area contributed by atoms with E-state index in [9.17, 15) is 18.0 Å². The van der Waals surface area contributed by atoms with Gasteiger partial charge in [0.15, 0.2) is 0 Å². The van der Waals surface area contributed by atoms with Crippen LogP contribution in [0.3, 0.4) is 0 Å². The Bertz CT molecular complexity index is 961. The molecular formula is C26H32F3N3O. The molecule has 1 saturated heterocycles. The summed E-state index contributed by atoms with van der Waals surface area (Å²) >= 11 is 0. The first-order valence-corrected chi connectivity index (χ1v) is 11.7. The summed E-state index contributed by atoms with van der Waals surface area (Å²) in [4.78, 5) is 17.7. The maximum absolute atomic E-state index is 13.3. The third kappa shape index (κ3) is 5.52. The van der Waals surface area contributed by atoms with Gasteiger partial charge in [-0.05, 0) is 48.1 Å². The average molecular weight is 460 g/mol. The Morgan fingerprint density at radius 2 is 1.88 bits per heavy atom. The van der Waals surface area contributed by atoms with Crippen molar-refractivity contribution in [1.82, 2.24) is 10.2 Å². The van der Waals surface area contributed by atoms with Gasteiger partial charge in [-0.25, -0.2) is 0 Å². The van der Waals surface area contributed by atoms with Crippen molar-refractivity contribution in [2.24, 2.45) is 11.8 Å². The molecule has 0 bridgehead atoms. The maximum Gasteiger partial charge on any atom is 0.416 e. The molecule has 0 radical (unpaired) electrons. The Balaban J connectivity index is 1.58. The Kier molecular flexibility index (Phi) is 6.98. The molecule has 33 heavy (non-hydrogen) atoms. The minimum atomic E-state index is -4.39. The van der Waals surface area contributed by atoms with Gasteiger partial charge in [-0.15, -0.1) is 0 Å². The molecule has 4 nitrogen and oxygen atoms in total. The van der Waals surface area contributed by atoms with E-state index in [-0.39, 0.29) is 17.9 Å². The van der Waals surface area contributed by atoms with Crippen LogP contribution >= 0.6 is 0 Å². The van der Waals surface area contributed by atoms with Crippen molar-refractivity contribution in [3.8, 4) is 0 Å². The molecular weight excluding hydrogens is 427 g/mol. The minimum Gasteiger partial charge on any atom is -0.365 e. The van der Waals surface area contributed by atoms with Gasteiger partial charge in [0.05, 0.1) is 17.5 Å². The van der Waals surface area contributed by atoms with Crippen molar-refractivity contribution in [1.29, 1.82) is 0 Å². The number of anilines is 1. The van der Waals surface area contributed by atoms with E-state index in [1.807, 2.05) is 18.2 Å². The summed E-state index contributed by atoms with van der Waals surface area (Å²) in [6.45, 7) is 7.78. The van der Waals surface area contributed by atoms with Gasteiger partial charge in [-0.1, -0.05) is 44.2 Å². The molecule has 2 atom stereocenters. The molecule has 7 heteroatoms. The van der Waals surface area contributed by atoms with Gasteiger partial charge in [0, 0.05) is 38.4 Å². The first-order valence-electron chi connectivity index (χ1n) is 11.7. The Hall–Kier alpha value is -2.54. The Labute approximate surface area is 193 Å². The summed E-state index contributed by atoms with van der Waals surface area (Å²) in [5.41, 5.74) is 2.01. The number of carbonyl (C=O) groups excluding carboxylic acids is 1. The number of piperazine rings is 1. The van der Waals surface area contributed by atoms with Gasteiger partial charge in [0.1, 0.15) is 0 Å². The highest BCUT2D eigenvalue weighted by Gasteiger charge is 2.42. The third-order valence-corrected chi connectivity index (χ3v) is 6.73. The molecule has 1 N–H and O–H groups in total. The van der Waals surface area contributed by atoms with Crippen LogP contribution in [0.5, 0.6) is 0 Å². The molecule has 2 aliphatic heterocycles. The van der Waals surface area contributed by atoms with Crippen LogP contribution in [0.1, 0.15) is 37.0 Å². The van der Waals surface area contributed by atoms with Crippen LogP contribution in [0.4, 0.5) is 18.9 Å². The van der Waals surface area contributed by atoms with Crippen LogP contribution in [0.25, 0.3) is 0 Å². The Morgan fingerprint density at radius 1 is 1.12 bits per heavy atom. The lowest BCUT2D eigenvalue weighted by atomic mass is 9.82. The molecule has 178 valence electrons. The normalized spacial score (nSPS) is 21.0. The first kappa shape index (κ1) is 23.6.